The molecular weight excluding hydrogens is 377 g/mol. The molecule has 1 unspecified atom stereocenters. The third-order valence-electron chi connectivity index (χ3n) is 3.70. The van der Waals surface area contributed by atoms with Crippen LogP contribution in [0.4, 0.5) is 0 Å². The summed E-state index contributed by atoms with van der Waals surface area (Å²) in [7, 11) is 0. The van der Waals surface area contributed by atoms with Crippen LogP contribution in [0.15, 0.2) is 29.3 Å². The fraction of sp³-hybridized carbons (Fsp3) is 0.562. The summed E-state index contributed by atoms with van der Waals surface area (Å²) in [5.41, 5.74) is 7.19. The van der Waals surface area contributed by atoms with E-state index in [1.807, 2.05) is 31.2 Å². The lowest BCUT2D eigenvalue weighted by molar-refractivity contribution is 0.269. The SMILES string of the molecule is Cc1ccccc1OCCN=C(N)N1CCCC(C)C1.I. The number of rotatable bonds is 4. The fourth-order valence-corrected chi connectivity index (χ4v) is 2.53. The van der Waals surface area contributed by atoms with Gasteiger partial charge in [0, 0.05) is 13.1 Å². The monoisotopic (exact) mass is 403 g/mol. The minimum Gasteiger partial charge on any atom is -0.491 e. The fourth-order valence-electron chi connectivity index (χ4n) is 2.53. The minimum atomic E-state index is 0. The zero-order valence-electron chi connectivity index (χ0n) is 12.9. The van der Waals surface area contributed by atoms with Crippen LogP contribution in [0.3, 0.4) is 0 Å². The highest BCUT2D eigenvalue weighted by Gasteiger charge is 2.17. The van der Waals surface area contributed by atoms with Crippen molar-refractivity contribution in [3.8, 4) is 5.75 Å². The topological polar surface area (TPSA) is 50.9 Å². The molecule has 0 aromatic heterocycles. The van der Waals surface area contributed by atoms with Gasteiger partial charge in [-0.25, -0.2) is 4.99 Å². The Balaban J connectivity index is 0.00000220. The zero-order chi connectivity index (χ0) is 14.4. The van der Waals surface area contributed by atoms with E-state index in [1.54, 1.807) is 0 Å². The van der Waals surface area contributed by atoms with Crippen molar-refractivity contribution in [1.29, 1.82) is 0 Å². The number of hydrogen-bond donors (Lipinski definition) is 1. The van der Waals surface area contributed by atoms with E-state index in [2.05, 4.69) is 16.8 Å². The summed E-state index contributed by atoms with van der Waals surface area (Å²) in [4.78, 5) is 6.60. The Labute approximate surface area is 144 Å². The number of piperidine rings is 1. The second-order valence-electron chi connectivity index (χ2n) is 5.55. The Hall–Kier alpha value is -0.980. The molecule has 0 bridgehead atoms. The number of ether oxygens (including phenoxy) is 1. The molecule has 5 heteroatoms. The average Bonchev–Trinajstić information content (AvgIpc) is 2.45. The molecule has 0 amide bonds. The maximum Gasteiger partial charge on any atom is 0.191 e. The van der Waals surface area contributed by atoms with Gasteiger partial charge in [0.1, 0.15) is 12.4 Å². The van der Waals surface area contributed by atoms with Crippen LogP contribution in [0.25, 0.3) is 0 Å². The first-order chi connectivity index (χ1) is 9.66. The third-order valence-corrected chi connectivity index (χ3v) is 3.70. The van der Waals surface area contributed by atoms with Crippen molar-refractivity contribution in [2.75, 3.05) is 26.2 Å². The minimum absolute atomic E-state index is 0. The van der Waals surface area contributed by atoms with E-state index < -0.39 is 0 Å². The highest BCUT2D eigenvalue weighted by Crippen LogP contribution is 2.16. The summed E-state index contributed by atoms with van der Waals surface area (Å²) in [6.07, 6.45) is 2.50. The molecular formula is C16H26IN3O. The number of likely N-dealkylation sites (tertiary alicyclic amines) is 1. The van der Waals surface area contributed by atoms with Crippen molar-refractivity contribution in [2.24, 2.45) is 16.6 Å². The molecule has 1 aromatic rings. The second kappa shape index (κ2) is 9.12. The zero-order valence-corrected chi connectivity index (χ0v) is 15.2. The number of nitrogens with two attached hydrogens (primary N) is 1. The Morgan fingerprint density at radius 2 is 2.19 bits per heavy atom. The molecule has 1 saturated heterocycles. The Morgan fingerprint density at radius 1 is 1.43 bits per heavy atom. The Morgan fingerprint density at radius 3 is 2.90 bits per heavy atom. The molecule has 1 aromatic carbocycles. The molecule has 21 heavy (non-hydrogen) atoms. The Bertz CT molecular complexity index is 465. The van der Waals surface area contributed by atoms with Gasteiger partial charge in [0.25, 0.3) is 0 Å². The lowest BCUT2D eigenvalue weighted by Crippen LogP contribution is -2.43. The summed E-state index contributed by atoms with van der Waals surface area (Å²) in [5.74, 6) is 2.29. The van der Waals surface area contributed by atoms with E-state index in [4.69, 9.17) is 10.5 Å². The van der Waals surface area contributed by atoms with Crippen molar-refractivity contribution in [2.45, 2.75) is 26.7 Å². The van der Waals surface area contributed by atoms with Gasteiger partial charge in [-0.1, -0.05) is 25.1 Å². The number of aliphatic imine (C=N–C) groups is 1. The normalized spacial score (nSPS) is 19.0. The maximum absolute atomic E-state index is 6.04. The molecule has 4 nitrogen and oxygen atoms in total. The Kier molecular flexibility index (Phi) is 7.85. The quantitative estimate of drug-likeness (QED) is 0.364. The smallest absolute Gasteiger partial charge is 0.191 e. The van der Waals surface area contributed by atoms with Crippen molar-refractivity contribution < 1.29 is 4.74 Å². The van der Waals surface area contributed by atoms with E-state index in [9.17, 15) is 0 Å². The van der Waals surface area contributed by atoms with Crippen LogP contribution < -0.4 is 10.5 Å². The predicted molar refractivity (Wildman–Crippen MR) is 98.5 cm³/mol. The van der Waals surface area contributed by atoms with Gasteiger partial charge in [-0.05, 0) is 37.3 Å². The summed E-state index contributed by atoms with van der Waals surface area (Å²) in [6, 6.07) is 8.02. The summed E-state index contributed by atoms with van der Waals surface area (Å²) in [6.45, 7) is 7.52. The van der Waals surface area contributed by atoms with Crippen LogP contribution in [-0.4, -0.2) is 37.1 Å². The van der Waals surface area contributed by atoms with Crippen LogP contribution in [0.2, 0.25) is 0 Å². The molecule has 2 rings (SSSR count). The van der Waals surface area contributed by atoms with Crippen LogP contribution in [0, 0.1) is 12.8 Å². The van der Waals surface area contributed by atoms with Gasteiger partial charge >= 0.3 is 0 Å². The van der Waals surface area contributed by atoms with Gasteiger partial charge in [-0.2, -0.15) is 0 Å². The first-order valence-electron chi connectivity index (χ1n) is 7.40. The molecule has 1 aliphatic rings. The lowest BCUT2D eigenvalue weighted by Gasteiger charge is -2.31. The van der Waals surface area contributed by atoms with Crippen molar-refractivity contribution in [1.82, 2.24) is 4.90 Å². The van der Waals surface area contributed by atoms with Gasteiger partial charge in [0.15, 0.2) is 5.96 Å². The molecule has 0 aliphatic carbocycles. The second-order valence-corrected chi connectivity index (χ2v) is 5.55. The van der Waals surface area contributed by atoms with Crippen LogP contribution in [-0.2, 0) is 0 Å². The third kappa shape index (κ3) is 5.73. The van der Waals surface area contributed by atoms with E-state index >= 15 is 0 Å². The lowest BCUT2D eigenvalue weighted by atomic mass is 10.0. The van der Waals surface area contributed by atoms with Gasteiger partial charge in [-0.3, -0.25) is 0 Å². The van der Waals surface area contributed by atoms with Crippen LogP contribution >= 0.6 is 24.0 Å². The average molecular weight is 403 g/mol. The van der Waals surface area contributed by atoms with Gasteiger partial charge in [0.2, 0.25) is 0 Å². The van der Waals surface area contributed by atoms with Crippen molar-refractivity contribution in [3.05, 3.63) is 29.8 Å². The predicted octanol–water partition coefficient (Wildman–Crippen LogP) is 3.04. The molecule has 1 heterocycles. The summed E-state index contributed by atoms with van der Waals surface area (Å²) in [5, 5.41) is 0. The number of halogens is 1. The molecule has 1 atom stereocenters. The van der Waals surface area contributed by atoms with E-state index in [-0.39, 0.29) is 24.0 Å². The van der Waals surface area contributed by atoms with Crippen molar-refractivity contribution >= 4 is 29.9 Å². The molecule has 0 radical (unpaired) electrons. The summed E-state index contributed by atoms with van der Waals surface area (Å²) >= 11 is 0. The molecule has 1 aliphatic heterocycles. The highest BCUT2D eigenvalue weighted by molar-refractivity contribution is 14.0. The van der Waals surface area contributed by atoms with Gasteiger partial charge in [-0.15, -0.1) is 24.0 Å². The first kappa shape index (κ1) is 18.1. The molecule has 1 fully saturated rings. The summed E-state index contributed by atoms with van der Waals surface area (Å²) < 4.78 is 5.71. The molecule has 0 spiro atoms. The highest BCUT2D eigenvalue weighted by atomic mass is 127. The van der Waals surface area contributed by atoms with Gasteiger partial charge < -0.3 is 15.4 Å². The van der Waals surface area contributed by atoms with Crippen molar-refractivity contribution in [3.63, 3.8) is 0 Å². The number of guanidine groups is 1. The van der Waals surface area contributed by atoms with E-state index in [0.29, 0.717) is 25.0 Å². The molecule has 2 N–H and O–H groups in total. The molecule has 118 valence electrons. The van der Waals surface area contributed by atoms with E-state index in [0.717, 1.165) is 24.4 Å². The first-order valence-corrected chi connectivity index (χ1v) is 7.40. The molecule has 0 saturated carbocycles. The number of hydrogen-bond acceptors (Lipinski definition) is 2. The number of nitrogens with zero attached hydrogens (tertiary/aromatic N) is 2. The number of aryl methyl sites for hydroxylation is 1. The number of benzene rings is 1. The van der Waals surface area contributed by atoms with Gasteiger partial charge in [0.05, 0.1) is 6.54 Å². The number of para-hydroxylation sites is 1. The van der Waals surface area contributed by atoms with E-state index in [1.165, 1.54) is 12.8 Å². The largest absolute Gasteiger partial charge is 0.491 e. The standard InChI is InChI=1S/C16H25N3O.HI/c1-13-6-5-10-19(12-13)16(17)18-9-11-20-15-8-4-3-7-14(15)2;/h3-4,7-8,13H,5-6,9-12H2,1-2H3,(H2,17,18);1H. The van der Waals surface area contributed by atoms with Crippen LogP contribution in [0.1, 0.15) is 25.3 Å². The maximum atomic E-state index is 6.04. The van der Waals surface area contributed by atoms with Crippen LogP contribution in [0.5, 0.6) is 5.75 Å².